The van der Waals surface area contributed by atoms with Gasteiger partial charge in [-0.3, -0.25) is 0 Å². The number of aryl methyl sites for hydroxylation is 2. The molecular formula is C32H39F3N2O5. The molecule has 10 heteroatoms. The van der Waals surface area contributed by atoms with Gasteiger partial charge in [0.05, 0.1) is 12.2 Å². The number of rotatable bonds is 15. The third-order valence-electron chi connectivity index (χ3n) is 7.07. The molecule has 0 aliphatic heterocycles. The molecule has 3 rings (SSSR count). The SMILES string of the molecule is CCCc1cc2c(C(F)(F)F)cc(=O)oc2c(CCC)c1OCCCCCCNC(=O)NC(C)(C=O)c1ccccc1. The molecule has 0 fully saturated rings. The third kappa shape index (κ3) is 8.36. The van der Waals surface area contributed by atoms with Crippen molar-refractivity contribution in [3.63, 3.8) is 0 Å². The Balaban J connectivity index is 1.57. The Morgan fingerprint density at radius 2 is 1.69 bits per heavy atom. The zero-order chi connectivity index (χ0) is 30.8. The van der Waals surface area contributed by atoms with Crippen LogP contribution in [-0.2, 0) is 29.4 Å². The molecule has 2 amide bonds. The topological polar surface area (TPSA) is 97.6 Å². The first-order valence-electron chi connectivity index (χ1n) is 14.4. The van der Waals surface area contributed by atoms with E-state index in [0.717, 1.165) is 19.3 Å². The summed E-state index contributed by atoms with van der Waals surface area (Å²) in [7, 11) is 0. The van der Waals surface area contributed by atoms with Crippen molar-refractivity contribution in [3.8, 4) is 5.75 Å². The van der Waals surface area contributed by atoms with Crippen LogP contribution in [0.4, 0.5) is 18.0 Å². The summed E-state index contributed by atoms with van der Waals surface area (Å²) >= 11 is 0. The second-order valence-corrected chi connectivity index (χ2v) is 10.5. The van der Waals surface area contributed by atoms with Crippen molar-refractivity contribution in [1.82, 2.24) is 10.6 Å². The molecular weight excluding hydrogens is 549 g/mol. The third-order valence-corrected chi connectivity index (χ3v) is 7.07. The van der Waals surface area contributed by atoms with Crippen LogP contribution in [-0.4, -0.2) is 25.5 Å². The predicted octanol–water partition coefficient (Wildman–Crippen LogP) is 7.07. The monoisotopic (exact) mass is 588 g/mol. The quantitative estimate of drug-likeness (QED) is 0.112. The molecule has 0 bridgehead atoms. The van der Waals surface area contributed by atoms with E-state index in [1.54, 1.807) is 31.2 Å². The van der Waals surface area contributed by atoms with Crippen LogP contribution in [0.25, 0.3) is 11.0 Å². The second kappa shape index (κ2) is 14.9. The molecule has 0 spiro atoms. The van der Waals surface area contributed by atoms with Crippen molar-refractivity contribution in [2.45, 2.75) is 83.9 Å². The van der Waals surface area contributed by atoms with E-state index < -0.39 is 28.9 Å². The highest BCUT2D eigenvalue weighted by Gasteiger charge is 2.35. The molecule has 0 aliphatic rings. The number of aldehydes is 1. The Morgan fingerprint density at radius 3 is 2.33 bits per heavy atom. The van der Waals surface area contributed by atoms with Crippen LogP contribution < -0.4 is 21.0 Å². The number of unbranched alkanes of at least 4 members (excludes halogenated alkanes) is 3. The minimum absolute atomic E-state index is 0.0613. The van der Waals surface area contributed by atoms with Crippen LogP contribution in [0.1, 0.15) is 81.5 Å². The largest absolute Gasteiger partial charge is 0.493 e. The first kappa shape index (κ1) is 32.7. The Kier molecular flexibility index (Phi) is 11.6. The zero-order valence-corrected chi connectivity index (χ0v) is 24.4. The molecule has 0 aliphatic carbocycles. The number of halogens is 3. The van der Waals surface area contributed by atoms with Crippen LogP contribution >= 0.6 is 0 Å². The smallest absolute Gasteiger partial charge is 0.417 e. The van der Waals surface area contributed by atoms with E-state index in [9.17, 15) is 27.6 Å². The van der Waals surface area contributed by atoms with E-state index in [0.29, 0.717) is 80.0 Å². The van der Waals surface area contributed by atoms with E-state index in [-0.39, 0.29) is 11.0 Å². The number of urea groups is 1. The Hall–Kier alpha value is -3.82. The first-order valence-corrected chi connectivity index (χ1v) is 14.4. The highest BCUT2D eigenvalue weighted by molar-refractivity contribution is 5.87. The van der Waals surface area contributed by atoms with Crippen LogP contribution in [0.5, 0.6) is 5.75 Å². The Labute approximate surface area is 243 Å². The molecule has 0 saturated heterocycles. The van der Waals surface area contributed by atoms with Crippen molar-refractivity contribution in [2.24, 2.45) is 0 Å². The Morgan fingerprint density at radius 1 is 1.00 bits per heavy atom. The molecule has 0 saturated carbocycles. The number of ether oxygens (including phenoxy) is 1. The average Bonchev–Trinajstić information content (AvgIpc) is 2.95. The van der Waals surface area contributed by atoms with Gasteiger partial charge in [-0.05, 0) is 49.8 Å². The predicted molar refractivity (Wildman–Crippen MR) is 156 cm³/mol. The van der Waals surface area contributed by atoms with E-state index in [1.165, 1.54) is 6.07 Å². The van der Waals surface area contributed by atoms with Gasteiger partial charge in [0.1, 0.15) is 23.2 Å². The number of hydrogen-bond donors (Lipinski definition) is 2. The van der Waals surface area contributed by atoms with Gasteiger partial charge in [-0.15, -0.1) is 0 Å². The van der Waals surface area contributed by atoms with E-state index in [2.05, 4.69) is 10.6 Å². The van der Waals surface area contributed by atoms with Gasteiger partial charge in [-0.2, -0.15) is 13.2 Å². The lowest BCUT2D eigenvalue weighted by atomic mass is 9.94. The summed E-state index contributed by atoms with van der Waals surface area (Å²) in [6.07, 6.45) is 1.36. The van der Waals surface area contributed by atoms with E-state index in [4.69, 9.17) is 9.15 Å². The van der Waals surface area contributed by atoms with Gasteiger partial charge < -0.3 is 24.6 Å². The van der Waals surface area contributed by atoms with Crippen molar-refractivity contribution in [1.29, 1.82) is 0 Å². The van der Waals surface area contributed by atoms with Gasteiger partial charge in [-0.1, -0.05) is 69.9 Å². The molecule has 228 valence electrons. The van der Waals surface area contributed by atoms with Crippen LogP contribution in [0.3, 0.4) is 0 Å². The van der Waals surface area contributed by atoms with Crippen LogP contribution in [0.2, 0.25) is 0 Å². The maximum atomic E-state index is 13.8. The highest BCUT2D eigenvalue weighted by Crippen LogP contribution is 2.40. The lowest BCUT2D eigenvalue weighted by Gasteiger charge is -2.25. The molecule has 2 N–H and O–H groups in total. The maximum Gasteiger partial charge on any atom is 0.417 e. The molecule has 2 aromatic carbocycles. The van der Waals surface area contributed by atoms with Crippen LogP contribution in [0, 0.1) is 0 Å². The maximum absolute atomic E-state index is 13.8. The van der Waals surface area contributed by atoms with Crippen molar-refractivity contribution in [3.05, 3.63) is 75.1 Å². The van der Waals surface area contributed by atoms with E-state index >= 15 is 0 Å². The normalized spacial score (nSPS) is 13.0. The number of carbonyl (C=O) groups is 2. The second-order valence-electron chi connectivity index (χ2n) is 10.5. The minimum Gasteiger partial charge on any atom is -0.493 e. The summed E-state index contributed by atoms with van der Waals surface area (Å²) in [5.74, 6) is 0.503. The van der Waals surface area contributed by atoms with Crippen molar-refractivity contribution >= 4 is 23.3 Å². The first-order chi connectivity index (χ1) is 20.0. The summed E-state index contributed by atoms with van der Waals surface area (Å²) in [6.45, 7) is 6.28. The lowest BCUT2D eigenvalue weighted by molar-refractivity contribution is -0.136. The number of hydrogen-bond acceptors (Lipinski definition) is 5. The van der Waals surface area contributed by atoms with Gasteiger partial charge in [0.25, 0.3) is 0 Å². The minimum atomic E-state index is -4.69. The Bertz CT molecular complexity index is 1410. The fourth-order valence-electron chi connectivity index (χ4n) is 4.94. The number of nitrogens with one attached hydrogen (secondary N) is 2. The number of benzene rings is 2. The van der Waals surface area contributed by atoms with Gasteiger partial charge >= 0.3 is 17.8 Å². The number of amides is 2. The summed E-state index contributed by atoms with van der Waals surface area (Å²) in [4.78, 5) is 36.1. The number of carbonyl (C=O) groups excluding carboxylic acids is 2. The zero-order valence-electron chi connectivity index (χ0n) is 24.4. The van der Waals surface area contributed by atoms with Crippen molar-refractivity contribution < 1.29 is 31.9 Å². The molecule has 42 heavy (non-hydrogen) atoms. The summed E-state index contributed by atoms with van der Waals surface area (Å²) in [6, 6.07) is 10.5. The number of alkyl halides is 3. The molecule has 1 heterocycles. The van der Waals surface area contributed by atoms with E-state index in [1.807, 2.05) is 19.9 Å². The lowest BCUT2D eigenvalue weighted by Crippen LogP contribution is -2.49. The fourth-order valence-corrected chi connectivity index (χ4v) is 4.94. The summed E-state index contributed by atoms with van der Waals surface area (Å²) in [5, 5.41) is 5.39. The number of fused-ring (bicyclic) bond motifs is 1. The van der Waals surface area contributed by atoms with Gasteiger partial charge in [0.2, 0.25) is 0 Å². The average molecular weight is 589 g/mol. The standard InChI is InChI=1S/C32H39F3N2O5/c1-4-13-22-19-25-26(32(33,34)35)20-27(39)42-29(25)24(14-5-2)28(22)41-18-12-7-6-11-17-36-30(40)37-31(3,21-38)23-15-9-8-10-16-23/h8-10,15-16,19-21H,4-7,11-14,17-18H2,1-3H3,(H2,36,37,40). The van der Waals surface area contributed by atoms with Crippen molar-refractivity contribution in [2.75, 3.05) is 13.2 Å². The fraction of sp³-hybridized carbons (Fsp3) is 0.469. The molecule has 1 aromatic heterocycles. The molecule has 7 nitrogen and oxygen atoms in total. The summed E-state index contributed by atoms with van der Waals surface area (Å²) < 4.78 is 52.7. The molecule has 1 unspecified atom stereocenters. The molecule has 0 radical (unpaired) electrons. The summed E-state index contributed by atoms with van der Waals surface area (Å²) in [5.41, 5.74) is -1.37. The molecule has 1 atom stereocenters. The van der Waals surface area contributed by atoms with Crippen LogP contribution in [0.15, 0.2) is 51.7 Å². The molecule has 3 aromatic rings. The van der Waals surface area contributed by atoms with Gasteiger partial charge in [0.15, 0.2) is 0 Å². The highest BCUT2D eigenvalue weighted by atomic mass is 19.4. The van der Waals surface area contributed by atoms with Gasteiger partial charge in [-0.25, -0.2) is 9.59 Å². The van der Waals surface area contributed by atoms with Gasteiger partial charge in [0, 0.05) is 23.6 Å².